The molecule has 0 amide bonds. The molecule has 2 heterocycles. The van der Waals surface area contributed by atoms with Crippen molar-refractivity contribution in [2.45, 2.75) is 12.0 Å². The van der Waals surface area contributed by atoms with Gasteiger partial charge < -0.3 is 14.2 Å². The Morgan fingerprint density at radius 3 is 1.90 bits per heavy atom. The molecule has 49 heavy (non-hydrogen) atoms. The Labute approximate surface area is 285 Å². The highest BCUT2D eigenvalue weighted by molar-refractivity contribution is 6.09. The highest BCUT2D eigenvalue weighted by Gasteiger charge is 2.39. The van der Waals surface area contributed by atoms with E-state index < -0.39 is 0 Å². The van der Waals surface area contributed by atoms with Crippen LogP contribution in [0.15, 0.2) is 188 Å². The topological polar surface area (TPSA) is 17.4 Å². The Kier molecular flexibility index (Phi) is 6.31. The van der Waals surface area contributed by atoms with E-state index in [2.05, 4.69) is 191 Å². The summed E-state index contributed by atoms with van der Waals surface area (Å²) in [6.45, 7) is 0. The Morgan fingerprint density at radius 2 is 1.14 bits per heavy atom. The van der Waals surface area contributed by atoms with E-state index in [0.29, 0.717) is 0 Å². The van der Waals surface area contributed by atoms with Crippen molar-refractivity contribution in [3.8, 4) is 22.6 Å². The quantitative estimate of drug-likeness (QED) is 0.189. The number of ether oxygens (including phenoxy) is 1. The van der Waals surface area contributed by atoms with Crippen LogP contribution in [0.3, 0.4) is 0 Å². The number of allylic oxidation sites excluding steroid dienone is 2. The van der Waals surface area contributed by atoms with E-state index >= 15 is 0 Å². The number of nitrogens with zero attached hydrogens (tertiary/aromatic N) is 2. The molecule has 3 nitrogen and oxygen atoms in total. The molecule has 1 aliphatic carbocycles. The van der Waals surface area contributed by atoms with Crippen molar-refractivity contribution in [3.05, 3.63) is 193 Å². The lowest BCUT2D eigenvalue weighted by molar-refractivity contribution is 0.415. The average Bonchev–Trinajstić information content (AvgIpc) is 3.72. The molecule has 7 aromatic carbocycles. The molecular formula is C46H32N2O. The number of fused-ring (bicyclic) bond motifs is 7. The smallest absolute Gasteiger partial charge is 0.130 e. The van der Waals surface area contributed by atoms with Gasteiger partial charge in [0.2, 0.25) is 0 Å². The molecule has 0 radical (unpaired) electrons. The van der Waals surface area contributed by atoms with E-state index in [1.165, 1.54) is 49.3 Å². The van der Waals surface area contributed by atoms with Gasteiger partial charge in [-0.05, 0) is 82.6 Å². The second-order valence-electron chi connectivity index (χ2n) is 12.9. The normalized spacial score (nSPS) is 16.4. The maximum absolute atomic E-state index is 6.41. The lowest BCUT2D eigenvalue weighted by atomic mass is 9.86. The molecule has 0 N–H and O–H groups in total. The van der Waals surface area contributed by atoms with Crippen LogP contribution in [0.2, 0.25) is 0 Å². The van der Waals surface area contributed by atoms with Crippen LogP contribution in [0.4, 0.5) is 11.4 Å². The monoisotopic (exact) mass is 628 g/mol. The summed E-state index contributed by atoms with van der Waals surface area (Å²) in [5.74, 6) is 2.02. The molecule has 0 fully saturated rings. The Balaban J connectivity index is 1.10. The van der Waals surface area contributed by atoms with Crippen LogP contribution in [-0.2, 0) is 0 Å². The number of rotatable bonds is 5. The highest BCUT2D eigenvalue weighted by atomic mass is 16.5. The Hall–Kier alpha value is -6.32. The zero-order valence-electron chi connectivity index (χ0n) is 26.8. The van der Waals surface area contributed by atoms with Crippen LogP contribution in [0.25, 0.3) is 49.4 Å². The summed E-state index contributed by atoms with van der Waals surface area (Å²) in [4.78, 5) is 2.47. The third kappa shape index (κ3) is 4.43. The predicted octanol–water partition coefficient (Wildman–Crippen LogP) is 11.7. The first kappa shape index (κ1) is 27.8. The number of para-hydroxylation sites is 3. The second kappa shape index (κ2) is 11.1. The van der Waals surface area contributed by atoms with E-state index in [4.69, 9.17) is 4.74 Å². The molecule has 1 aromatic heterocycles. The van der Waals surface area contributed by atoms with E-state index in [9.17, 15) is 0 Å². The predicted molar refractivity (Wildman–Crippen MR) is 203 cm³/mol. The molecule has 2 atom stereocenters. The summed E-state index contributed by atoms with van der Waals surface area (Å²) < 4.78 is 8.79. The van der Waals surface area contributed by atoms with Gasteiger partial charge in [0.1, 0.15) is 11.5 Å². The van der Waals surface area contributed by atoms with Gasteiger partial charge >= 0.3 is 0 Å². The van der Waals surface area contributed by atoms with Crippen LogP contribution in [0.1, 0.15) is 11.5 Å². The molecular weight excluding hydrogens is 597 g/mol. The van der Waals surface area contributed by atoms with Gasteiger partial charge in [0.05, 0.1) is 23.0 Å². The Bertz CT molecular complexity index is 2530. The van der Waals surface area contributed by atoms with E-state index in [1.807, 2.05) is 0 Å². The molecule has 0 saturated carbocycles. The van der Waals surface area contributed by atoms with Crippen LogP contribution < -0.4 is 9.64 Å². The fourth-order valence-electron chi connectivity index (χ4n) is 8.01. The third-order valence-electron chi connectivity index (χ3n) is 10.2. The second-order valence-corrected chi connectivity index (χ2v) is 12.9. The summed E-state index contributed by atoms with van der Waals surface area (Å²) in [5.41, 5.74) is 9.49. The van der Waals surface area contributed by atoms with E-state index in [0.717, 1.165) is 28.6 Å². The lowest BCUT2D eigenvalue weighted by Crippen LogP contribution is -2.36. The molecule has 0 bridgehead atoms. The highest BCUT2D eigenvalue weighted by Crippen LogP contribution is 2.48. The van der Waals surface area contributed by atoms with Gasteiger partial charge in [-0.1, -0.05) is 121 Å². The van der Waals surface area contributed by atoms with Crippen molar-refractivity contribution in [2.24, 2.45) is 0 Å². The SMILES string of the molecule is C1=CC(N(c2ccc(-c3cccc4ccccc34)cc2)c2ccc(-n3c4ccccc4c4ccccc43)cc2)C2C(=C1)Oc1ccccc12. The standard InChI is InChI=1S/C46H32N2O/c1-2-13-36-31(11-1)12-9-17-37(36)32-23-25-33(26-24-32)47(43-20-10-22-45-46(43)40-16-5-8-21-44(40)49-45)34-27-29-35(30-28-34)48-41-18-6-3-14-38(41)39-15-4-7-19-42(39)48/h1-30,43,46H. The molecule has 0 saturated heterocycles. The molecule has 3 heteroatoms. The van der Waals surface area contributed by atoms with Crippen molar-refractivity contribution >= 4 is 44.0 Å². The first-order valence-electron chi connectivity index (χ1n) is 16.9. The number of benzene rings is 7. The fraction of sp³-hybridized carbons (Fsp3) is 0.0435. The average molecular weight is 629 g/mol. The zero-order chi connectivity index (χ0) is 32.3. The first-order valence-corrected chi connectivity index (χ1v) is 16.9. The van der Waals surface area contributed by atoms with Gasteiger partial charge in [-0.2, -0.15) is 0 Å². The van der Waals surface area contributed by atoms with Crippen molar-refractivity contribution in [1.82, 2.24) is 4.57 Å². The molecule has 1 aliphatic heterocycles. The number of anilines is 2. The molecule has 2 unspecified atom stereocenters. The minimum Gasteiger partial charge on any atom is -0.461 e. The minimum absolute atomic E-state index is 0.0196. The molecule has 8 aromatic rings. The van der Waals surface area contributed by atoms with Crippen molar-refractivity contribution in [2.75, 3.05) is 4.90 Å². The number of hydrogen-bond donors (Lipinski definition) is 0. The molecule has 0 spiro atoms. The van der Waals surface area contributed by atoms with Gasteiger partial charge in [-0.25, -0.2) is 0 Å². The van der Waals surface area contributed by atoms with Gasteiger partial charge in [-0.3, -0.25) is 0 Å². The van der Waals surface area contributed by atoms with E-state index in [-0.39, 0.29) is 12.0 Å². The maximum Gasteiger partial charge on any atom is 0.130 e. The first-order chi connectivity index (χ1) is 24.3. The summed E-state index contributed by atoms with van der Waals surface area (Å²) in [7, 11) is 0. The minimum atomic E-state index is 0.0196. The van der Waals surface area contributed by atoms with Crippen molar-refractivity contribution in [1.29, 1.82) is 0 Å². The summed E-state index contributed by atoms with van der Waals surface area (Å²) in [6.07, 6.45) is 6.58. The lowest BCUT2D eigenvalue weighted by Gasteiger charge is -2.37. The van der Waals surface area contributed by atoms with Crippen molar-refractivity contribution in [3.63, 3.8) is 0 Å². The summed E-state index contributed by atoms with van der Waals surface area (Å²) in [5, 5.41) is 5.05. The maximum atomic E-state index is 6.41. The van der Waals surface area contributed by atoms with Crippen LogP contribution in [0.5, 0.6) is 5.75 Å². The zero-order valence-corrected chi connectivity index (χ0v) is 26.8. The number of hydrogen-bond acceptors (Lipinski definition) is 2. The summed E-state index contributed by atoms with van der Waals surface area (Å²) >= 11 is 0. The van der Waals surface area contributed by atoms with Gasteiger partial charge in [0.25, 0.3) is 0 Å². The van der Waals surface area contributed by atoms with Gasteiger partial charge in [0, 0.05) is 33.4 Å². The third-order valence-corrected chi connectivity index (χ3v) is 10.2. The fourth-order valence-corrected chi connectivity index (χ4v) is 8.01. The number of aromatic nitrogens is 1. The van der Waals surface area contributed by atoms with E-state index in [1.54, 1.807) is 0 Å². The van der Waals surface area contributed by atoms with Crippen molar-refractivity contribution < 1.29 is 4.74 Å². The van der Waals surface area contributed by atoms with Crippen LogP contribution in [-0.4, -0.2) is 10.6 Å². The molecule has 2 aliphatic rings. The Morgan fingerprint density at radius 1 is 0.531 bits per heavy atom. The van der Waals surface area contributed by atoms with Gasteiger partial charge in [0.15, 0.2) is 0 Å². The van der Waals surface area contributed by atoms with Gasteiger partial charge in [-0.15, -0.1) is 0 Å². The largest absolute Gasteiger partial charge is 0.461 e. The molecule has 10 rings (SSSR count). The summed E-state index contributed by atoms with van der Waals surface area (Å²) in [6, 6.07) is 59.1. The van der Waals surface area contributed by atoms with Crippen LogP contribution >= 0.6 is 0 Å². The van der Waals surface area contributed by atoms with Crippen LogP contribution in [0, 0.1) is 0 Å². The molecule has 232 valence electrons.